The first-order valence-corrected chi connectivity index (χ1v) is 6.24. The van der Waals surface area contributed by atoms with Crippen molar-refractivity contribution in [2.75, 3.05) is 25.2 Å². The number of anilines is 1. The predicted octanol–water partition coefficient (Wildman–Crippen LogP) is 1.63. The third kappa shape index (κ3) is 3.05. The van der Waals surface area contributed by atoms with Gasteiger partial charge in [0.05, 0.1) is 6.61 Å². The topological polar surface area (TPSA) is 55.8 Å². The highest BCUT2D eigenvalue weighted by molar-refractivity contribution is 6.30. The second-order valence-electron chi connectivity index (χ2n) is 4.15. The number of halogens is 1. The fraction of sp³-hybridized carbons (Fsp3) is 0.385. The smallest absolute Gasteiger partial charge is 0.329 e. The van der Waals surface area contributed by atoms with Crippen LogP contribution in [0, 0.1) is 0 Å². The molecule has 1 heterocycles. The summed E-state index contributed by atoms with van der Waals surface area (Å²) in [5, 5.41) is 0.567. The summed E-state index contributed by atoms with van der Waals surface area (Å²) in [6.07, 6.45) is 0.483. The number of benzene rings is 1. The number of esters is 1. The highest BCUT2D eigenvalue weighted by Gasteiger charge is 2.36. The molecule has 1 aliphatic rings. The molecule has 0 radical (unpaired) electrons. The third-order valence-corrected chi connectivity index (χ3v) is 3.11. The van der Waals surface area contributed by atoms with E-state index in [0.717, 1.165) is 0 Å². The van der Waals surface area contributed by atoms with E-state index in [4.69, 9.17) is 21.1 Å². The van der Waals surface area contributed by atoms with Crippen LogP contribution in [0.1, 0.15) is 6.42 Å². The number of carbonyl (C=O) groups excluding carboxylic acids is 2. The average molecular weight is 284 g/mol. The van der Waals surface area contributed by atoms with Crippen LogP contribution in [0.3, 0.4) is 0 Å². The minimum Gasteiger partial charge on any atom is -0.464 e. The van der Waals surface area contributed by atoms with Gasteiger partial charge in [0.25, 0.3) is 5.91 Å². The molecular formula is C13H14ClNO4. The van der Waals surface area contributed by atoms with Gasteiger partial charge in [0.1, 0.15) is 12.6 Å². The molecule has 6 heteroatoms. The first-order valence-electron chi connectivity index (χ1n) is 5.86. The minimum atomic E-state index is -0.594. The van der Waals surface area contributed by atoms with Crippen molar-refractivity contribution in [1.29, 1.82) is 0 Å². The number of nitrogens with zero attached hydrogens (tertiary/aromatic N) is 1. The van der Waals surface area contributed by atoms with Gasteiger partial charge >= 0.3 is 5.97 Å². The van der Waals surface area contributed by atoms with Gasteiger partial charge in [0.2, 0.25) is 0 Å². The van der Waals surface area contributed by atoms with E-state index in [1.807, 2.05) is 0 Å². The summed E-state index contributed by atoms with van der Waals surface area (Å²) < 4.78 is 9.78. The van der Waals surface area contributed by atoms with E-state index in [2.05, 4.69) is 0 Å². The zero-order chi connectivity index (χ0) is 13.8. The Bertz CT molecular complexity index is 474. The van der Waals surface area contributed by atoms with E-state index in [1.165, 1.54) is 12.0 Å². The number of hydrogen-bond donors (Lipinski definition) is 0. The molecule has 2 rings (SSSR count). The van der Waals surface area contributed by atoms with Crippen molar-refractivity contribution >= 4 is 29.2 Å². The predicted molar refractivity (Wildman–Crippen MR) is 70.2 cm³/mol. The summed E-state index contributed by atoms with van der Waals surface area (Å²) in [6.45, 7) is 0.236. The molecule has 1 amide bonds. The van der Waals surface area contributed by atoms with E-state index in [0.29, 0.717) is 23.7 Å². The average Bonchev–Trinajstić information content (AvgIpc) is 2.79. The first-order chi connectivity index (χ1) is 9.13. The van der Waals surface area contributed by atoms with Crippen LogP contribution in [0.2, 0.25) is 5.02 Å². The van der Waals surface area contributed by atoms with E-state index in [9.17, 15) is 9.59 Å². The lowest BCUT2D eigenvalue weighted by Crippen LogP contribution is -2.44. The molecule has 1 atom stereocenters. The van der Waals surface area contributed by atoms with Gasteiger partial charge in [-0.15, -0.1) is 0 Å². The minimum absolute atomic E-state index is 0.0909. The van der Waals surface area contributed by atoms with Gasteiger partial charge in [0.15, 0.2) is 0 Å². The molecule has 0 aliphatic carbocycles. The Morgan fingerprint density at radius 1 is 1.47 bits per heavy atom. The van der Waals surface area contributed by atoms with Crippen LogP contribution >= 0.6 is 11.6 Å². The lowest BCUT2D eigenvalue weighted by Gasteiger charge is -2.26. The van der Waals surface area contributed by atoms with Gasteiger partial charge in [-0.25, -0.2) is 4.79 Å². The Hall–Kier alpha value is -1.59. The second-order valence-corrected chi connectivity index (χ2v) is 4.58. The monoisotopic (exact) mass is 283 g/mol. The van der Waals surface area contributed by atoms with Crippen LogP contribution in [-0.2, 0) is 19.1 Å². The molecule has 1 aromatic rings. The maximum absolute atomic E-state index is 12.1. The number of cyclic esters (lactones) is 1. The van der Waals surface area contributed by atoms with Crippen molar-refractivity contribution < 1.29 is 19.1 Å². The second kappa shape index (κ2) is 6.04. The molecule has 1 aromatic carbocycles. The molecule has 1 fully saturated rings. The van der Waals surface area contributed by atoms with E-state index >= 15 is 0 Å². The number of hydrogen-bond acceptors (Lipinski definition) is 4. The molecular weight excluding hydrogens is 270 g/mol. The number of carbonyl (C=O) groups is 2. The molecule has 1 saturated heterocycles. The summed E-state index contributed by atoms with van der Waals surface area (Å²) in [4.78, 5) is 25.2. The van der Waals surface area contributed by atoms with Crippen molar-refractivity contribution in [1.82, 2.24) is 0 Å². The lowest BCUT2D eigenvalue weighted by molar-refractivity contribution is -0.140. The van der Waals surface area contributed by atoms with Gasteiger partial charge < -0.3 is 9.47 Å². The van der Waals surface area contributed by atoms with Crippen LogP contribution in [0.5, 0.6) is 0 Å². The van der Waals surface area contributed by atoms with Gasteiger partial charge in [0, 0.05) is 24.2 Å². The Labute approximate surface area is 116 Å². The van der Waals surface area contributed by atoms with Crippen molar-refractivity contribution in [2.24, 2.45) is 0 Å². The Morgan fingerprint density at radius 2 is 2.16 bits per heavy atom. The highest BCUT2D eigenvalue weighted by Crippen LogP contribution is 2.24. The van der Waals surface area contributed by atoms with E-state index < -0.39 is 6.04 Å². The molecule has 0 N–H and O–H groups in total. The SMILES string of the molecule is COCC(=O)N(c1ccc(Cl)cc1)C1CCOC1=O. The molecule has 1 aliphatic heterocycles. The fourth-order valence-corrected chi connectivity index (χ4v) is 2.14. The van der Waals surface area contributed by atoms with Gasteiger partial charge in [-0.3, -0.25) is 9.69 Å². The number of methoxy groups -OCH3 is 1. The van der Waals surface area contributed by atoms with Crippen molar-refractivity contribution in [2.45, 2.75) is 12.5 Å². The summed E-state index contributed by atoms with van der Waals surface area (Å²) in [5.41, 5.74) is 0.607. The highest BCUT2D eigenvalue weighted by atomic mass is 35.5. The standard InChI is InChI=1S/C13H14ClNO4/c1-18-8-12(16)15(11-6-7-19-13(11)17)10-4-2-9(14)3-5-10/h2-5,11H,6-8H2,1H3. The first kappa shape index (κ1) is 13.8. The quantitative estimate of drug-likeness (QED) is 0.788. The van der Waals surface area contributed by atoms with Crippen molar-refractivity contribution in [3.8, 4) is 0 Å². The largest absolute Gasteiger partial charge is 0.464 e. The van der Waals surface area contributed by atoms with Crippen LogP contribution in [0.15, 0.2) is 24.3 Å². The zero-order valence-corrected chi connectivity index (χ0v) is 11.2. The van der Waals surface area contributed by atoms with Crippen LogP contribution in [0.25, 0.3) is 0 Å². The Kier molecular flexibility index (Phi) is 4.39. The van der Waals surface area contributed by atoms with Crippen LogP contribution in [-0.4, -0.2) is 38.2 Å². The summed E-state index contributed by atoms with van der Waals surface area (Å²) in [5.74, 6) is -0.673. The van der Waals surface area contributed by atoms with Crippen molar-refractivity contribution in [3.05, 3.63) is 29.3 Å². The van der Waals surface area contributed by atoms with Gasteiger partial charge in [-0.05, 0) is 24.3 Å². The Morgan fingerprint density at radius 3 is 2.68 bits per heavy atom. The molecule has 5 nitrogen and oxygen atoms in total. The van der Waals surface area contributed by atoms with Gasteiger partial charge in [-0.1, -0.05) is 11.6 Å². The van der Waals surface area contributed by atoms with E-state index in [-0.39, 0.29) is 18.5 Å². The lowest BCUT2D eigenvalue weighted by atomic mass is 10.1. The molecule has 0 spiro atoms. The van der Waals surface area contributed by atoms with Crippen molar-refractivity contribution in [3.63, 3.8) is 0 Å². The van der Waals surface area contributed by atoms with Gasteiger partial charge in [-0.2, -0.15) is 0 Å². The van der Waals surface area contributed by atoms with Crippen LogP contribution < -0.4 is 4.90 Å². The Balaban J connectivity index is 2.30. The maximum atomic E-state index is 12.1. The molecule has 0 aromatic heterocycles. The normalized spacial score (nSPS) is 18.2. The van der Waals surface area contributed by atoms with Crippen LogP contribution in [0.4, 0.5) is 5.69 Å². The number of rotatable bonds is 4. The molecule has 0 saturated carbocycles. The van der Waals surface area contributed by atoms with E-state index in [1.54, 1.807) is 24.3 Å². The molecule has 19 heavy (non-hydrogen) atoms. The maximum Gasteiger partial charge on any atom is 0.329 e. The summed E-state index contributed by atoms with van der Waals surface area (Å²) in [7, 11) is 1.44. The zero-order valence-electron chi connectivity index (χ0n) is 10.5. The summed E-state index contributed by atoms with van der Waals surface area (Å²) >= 11 is 5.83. The fourth-order valence-electron chi connectivity index (χ4n) is 2.01. The summed E-state index contributed by atoms with van der Waals surface area (Å²) in [6, 6.07) is 6.14. The molecule has 102 valence electrons. The number of ether oxygens (including phenoxy) is 2. The number of amides is 1. The molecule has 1 unspecified atom stereocenters. The molecule has 0 bridgehead atoms. The third-order valence-electron chi connectivity index (χ3n) is 2.86.